The first-order chi connectivity index (χ1) is 16.1. The van der Waals surface area contributed by atoms with Crippen LogP contribution in [0.5, 0.6) is 0 Å². The quantitative estimate of drug-likeness (QED) is 0.241. The zero-order valence-corrected chi connectivity index (χ0v) is 20.3. The summed E-state index contributed by atoms with van der Waals surface area (Å²) in [7, 11) is 0. The van der Waals surface area contributed by atoms with Crippen LogP contribution in [-0.4, -0.2) is 16.0 Å². The lowest BCUT2D eigenvalue weighted by Gasteiger charge is -2.11. The number of nitrogens with zero attached hydrogens (tertiary/aromatic N) is 1. The number of aromatic nitrogens is 1. The molecule has 0 unspecified atom stereocenters. The van der Waals surface area contributed by atoms with Crippen LogP contribution in [0.15, 0.2) is 93.8 Å². The second-order valence-corrected chi connectivity index (χ2v) is 9.47. The number of nitrogens with one attached hydrogen (secondary N) is 2. The number of hydrogen-bond donors (Lipinski definition) is 2. The number of furan rings is 1. The number of carbonyl (C=O) groups excluding carboxylic acids is 1. The Kier molecular flexibility index (Phi) is 6.04. The summed E-state index contributed by atoms with van der Waals surface area (Å²) in [5.41, 5.74) is 3.49. The zero-order valence-electron chi connectivity index (χ0n) is 17.0. The molecule has 0 spiro atoms. The van der Waals surface area contributed by atoms with E-state index >= 15 is 0 Å². The van der Waals surface area contributed by atoms with Crippen molar-refractivity contribution in [2.45, 2.75) is 0 Å². The van der Waals surface area contributed by atoms with Gasteiger partial charge in [0.1, 0.15) is 10.8 Å². The predicted molar refractivity (Wildman–Crippen MR) is 141 cm³/mol. The van der Waals surface area contributed by atoms with Crippen LogP contribution in [-0.2, 0) is 0 Å². The van der Waals surface area contributed by atoms with E-state index in [1.165, 1.54) is 0 Å². The van der Waals surface area contributed by atoms with Gasteiger partial charge in [-0.1, -0.05) is 52.3 Å². The van der Waals surface area contributed by atoms with E-state index in [1.54, 1.807) is 23.5 Å². The molecule has 8 heteroatoms. The maximum Gasteiger partial charge on any atom is 0.293 e. The summed E-state index contributed by atoms with van der Waals surface area (Å²) in [6.07, 6.45) is 0. The molecule has 2 N–H and O–H groups in total. The number of fused-ring (bicyclic) bond motifs is 1. The van der Waals surface area contributed by atoms with Gasteiger partial charge in [-0.3, -0.25) is 10.1 Å². The number of para-hydroxylation sites is 2. The van der Waals surface area contributed by atoms with E-state index in [0.717, 1.165) is 36.5 Å². The Morgan fingerprint density at radius 1 is 0.939 bits per heavy atom. The maximum absolute atomic E-state index is 12.7. The van der Waals surface area contributed by atoms with Crippen LogP contribution >= 0.6 is 39.5 Å². The highest BCUT2D eigenvalue weighted by Crippen LogP contribution is 2.34. The third-order valence-corrected chi connectivity index (χ3v) is 6.69. The fourth-order valence-electron chi connectivity index (χ4n) is 3.31. The van der Waals surface area contributed by atoms with Crippen LogP contribution in [0.1, 0.15) is 10.6 Å². The molecular formula is C25H16BrN3O2S2. The smallest absolute Gasteiger partial charge is 0.293 e. The number of thiocarbonyl (C=S) groups is 1. The van der Waals surface area contributed by atoms with Crippen molar-refractivity contribution < 1.29 is 9.21 Å². The summed E-state index contributed by atoms with van der Waals surface area (Å²) in [6, 6.07) is 26.8. The molecule has 0 saturated carbocycles. The number of amides is 1. The van der Waals surface area contributed by atoms with Crippen molar-refractivity contribution in [3.63, 3.8) is 0 Å². The number of carbonyl (C=O) groups is 1. The number of hydrogen-bond acceptors (Lipinski definition) is 5. The van der Waals surface area contributed by atoms with Gasteiger partial charge < -0.3 is 9.73 Å². The third kappa shape index (κ3) is 4.73. The molecule has 33 heavy (non-hydrogen) atoms. The number of benzene rings is 3. The van der Waals surface area contributed by atoms with Gasteiger partial charge in [0.05, 0.1) is 15.9 Å². The summed E-state index contributed by atoms with van der Waals surface area (Å²) in [5, 5.41) is 6.85. The second-order valence-electron chi connectivity index (χ2n) is 7.11. The third-order valence-electron chi connectivity index (χ3n) is 4.89. The molecule has 5 nitrogen and oxygen atoms in total. The summed E-state index contributed by atoms with van der Waals surface area (Å²) < 4.78 is 7.81. The van der Waals surface area contributed by atoms with E-state index in [0.29, 0.717) is 5.76 Å². The van der Waals surface area contributed by atoms with Gasteiger partial charge >= 0.3 is 0 Å². The van der Waals surface area contributed by atoms with Crippen molar-refractivity contribution in [2.24, 2.45) is 0 Å². The van der Waals surface area contributed by atoms with Gasteiger partial charge in [0.15, 0.2) is 10.9 Å². The first kappa shape index (κ1) is 21.5. The molecule has 0 aliphatic carbocycles. The van der Waals surface area contributed by atoms with Gasteiger partial charge in [0.25, 0.3) is 5.91 Å². The largest absolute Gasteiger partial charge is 0.451 e. The summed E-state index contributed by atoms with van der Waals surface area (Å²) in [6.45, 7) is 0. The minimum atomic E-state index is -0.423. The monoisotopic (exact) mass is 533 g/mol. The molecule has 0 fully saturated rings. The Morgan fingerprint density at radius 3 is 2.52 bits per heavy atom. The van der Waals surface area contributed by atoms with Crippen molar-refractivity contribution in [1.82, 2.24) is 10.3 Å². The van der Waals surface area contributed by atoms with Gasteiger partial charge in [-0.2, -0.15) is 0 Å². The lowest BCUT2D eigenvalue weighted by Crippen LogP contribution is -2.34. The first-order valence-electron chi connectivity index (χ1n) is 10.00. The zero-order chi connectivity index (χ0) is 22.8. The van der Waals surface area contributed by atoms with Gasteiger partial charge in [0, 0.05) is 15.6 Å². The minimum absolute atomic E-state index is 0.176. The average Bonchev–Trinajstić information content (AvgIpc) is 3.47. The standard InChI is InChI=1S/C25H16BrN3O2S2/c26-16-11-9-15(10-12-16)20-13-14-21(31-20)23(30)29-25(32)28-18-6-2-1-5-17(18)24-27-19-7-3-4-8-22(19)33-24/h1-14H,(H2,28,29,30,32). The molecule has 0 radical (unpaired) electrons. The predicted octanol–water partition coefficient (Wildman–Crippen LogP) is 7.11. The number of thiazole rings is 1. The molecule has 2 aromatic heterocycles. The van der Waals surface area contributed by atoms with Gasteiger partial charge in [0.2, 0.25) is 0 Å². The Labute approximate surface area is 207 Å². The van der Waals surface area contributed by atoms with E-state index in [9.17, 15) is 4.79 Å². The Morgan fingerprint density at radius 2 is 1.70 bits per heavy atom. The maximum atomic E-state index is 12.7. The van der Waals surface area contributed by atoms with E-state index in [1.807, 2.05) is 72.8 Å². The topological polar surface area (TPSA) is 67.2 Å². The van der Waals surface area contributed by atoms with Crippen molar-refractivity contribution in [3.8, 4) is 21.9 Å². The van der Waals surface area contributed by atoms with Crippen LogP contribution in [0.2, 0.25) is 0 Å². The number of halogens is 1. The van der Waals surface area contributed by atoms with E-state index in [2.05, 4.69) is 26.6 Å². The Bertz CT molecular complexity index is 1440. The van der Waals surface area contributed by atoms with Crippen molar-refractivity contribution in [1.29, 1.82) is 0 Å². The number of rotatable bonds is 4. The SMILES string of the molecule is O=C(NC(=S)Nc1ccccc1-c1nc2ccccc2s1)c1ccc(-c2ccc(Br)cc2)o1. The molecule has 162 valence electrons. The van der Waals surface area contributed by atoms with Crippen molar-refractivity contribution in [3.05, 3.63) is 95.2 Å². The summed E-state index contributed by atoms with van der Waals surface area (Å²) in [5.74, 6) is 0.359. The fourth-order valence-corrected chi connectivity index (χ4v) is 4.79. The van der Waals surface area contributed by atoms with E-state index in [4.69, 9.17) is 21.6 Å². The molecule has 5 rings (SSSR count). The molecule has 0 bridgehead atoms. The lowest BCUT2D eigenvalue weighted by molar-refractivity contribution is 0.0951. The van der Waals surface area contributed by atoms with Crippen LogP contribution in [0, 0.1) is 0 Å². The first-order valence-corrected chi connectivity index (χ1v) is 12.0. The van der Waals surface area contributed by atoms with Gasteiger partial charge in [-0.25, -0.2) is 4.98 Å². The van der Waals surface area contributed by atoms with Crippen molar-refractivity contribution in [2.75, 3.05) is 5.32 Å². The fraction of sp³-hybridized carbons (Fsp3) is 0. The molecular weight excluding hydrogens is 518 g/mol. The van der Waals surface area contributed by atoms with Crippen LogP contribution in [0.25, 0.3) is 32.1 Å². The second kappa shape index (κ2) is 9.27. The van der Waals surface area contributed by atoms with E-state index < -0.39 is 5.91 Å². The van der Waals surface area contributed by atoms with Crippen molar-refractivity contribution >= 4 is 66.4 Å². The molecule has 2 heterocycles. The highest BCUT2D eigenvalue weighted by molar-refractivity contribution is 9.10. The molecule has 0 aliphatic rings. The molecule has 0 saturated heterocycles. The summed E-state index contributed by atoms with van der Waals surface area (Å²) >= 11 is 10.4. The van der Waals surface area contributed by atoms with Crippen LogP contribution in [0.4, 0.5) is 5.69 Å². The average molecular weight is 534 g/mol. The normalized spacial score (nSPS) is 10.8. The van der Waals surface area contributed by atoms with Crippen LogP contribution < -0.4 is 10.6 Å². The highest BCUT2D eigenvalue weighted by Gasteiger charge is 2.16. The minimum Gasteiger partial charge on any atom is -0.451 e. The number of anilines is 1. The Hall–Kier alpha value is -3.33. The molecule has 0 aliphatic heterocycles. The molecule has 5 aromatic rings. The van der Waals surface area contributed by atoms with E-state index in [-0.39, 0.29) is 10.9 Å². The van der Waals surface area contributed by atoms with Gasteiger partial charge in [-0.05, 0) is 60.7 Å². The summed E-state index contributed by atoms with van der Waals surface area (Å²) in [4.78, 5) is 17.4. The Balaban J connectivity index is 1.31. The molecule has 0 atom stereocenters. The molecule has 1 amide bonds. The van der Waals surface area contributed by atoms with Crippen LogP contribution in [0.3, 0.4) is 0 Å². The van der Waals surface area contributed by atoms with Gasteiger partial charge in [-0.15, -0.1) is 11.3 Å². The highest BCUT2D eigenvalue weighted by atomic mass is 79.9. The lowest BCUT2D eigenvalue weighted by atomic mass is 10.2. The molecule has 3 aromatic carbocycles.